The van der Waals surface area contributed by atoms with Gasteiger partial charge >= 0.3 is 0 Å². The van der Waals surface area contributed by atoms with Gasteiger partial charge in [-0.3, -0.25) is 0 Å². The van der Waals surface area contributed by atoms with Crippen LogP contribution in [0.5, 0.6) is 0 Å². The Morgan fingerprint density at radius 2 is 2.14 bits per heavy atom. The standard InChI is InChI=1S/C10H17N3O/c1-7-8(11)4-5-9(12-7)13-10(2,3)6-14/h4-5,14H,6,11H2,1-3H3,(H,12,13). The van der Waals surface area contributed by atoms with Crippen LogP contribution in [0.15, 0.2) is 12.1 Å². The van der Waals surface area contributed by atoms with Crippen molar-refractivity contribution >= 4 is 11.5 Å². The summed E-state index contributed by atoms with van der Waals surface area (Å²) < 4.78 is 0. The van der Waals surface area contributed by atoms with Crippen LogP contribution in [-0.2, 0) is 0 Å². The van der Waals surface area contributed by atoms with E-state index in [0.717, 1.165) is 11.5 Å². The molecular weight excluding hydrogens is 178 g/mol. The number of aliphatic hydroxyl groups is 1. The first-order chi connectivity index (χ1) is 6.44. The van der Waals surface area contributed by atoms with Gasteiger partial charge in [-0.25, -0.2) is 4.98 Å². The number of hydrogen-bond acceptors (Lipinski definition) is 4. The number of anilines is 2. The predicted molar refractivity (Wildman–Crippen MR) is 58.2 cm³/mol. The van der Waals surface area contributed by atoms with E-state index >= 15 is 0 Å². The number of nitrogens with zero attached hydrogens (tertiary/aromatic N) is 1. The van der Waals surface area contributed by atoms with Crippen LogP contribution in [0.25, 0.3) is 0 Å². The fourth-order valence-corrected chi connectivity index (χ4v) is 1.03. The van der Waals surface area contributed by atoms with Crippen LogP contribution in [0.1, 0.15) is 19.5 Å². The largest absolute Gasteiger partial charge is 0.397 e. The van der Waals surface area contributed by atoms with E-state index in [1.54, 1.807) is 12.1 Å². The minimum Gasteiger partial charge on any atom is -0.397 e. The summed E-state index contributed by atoms with van der Waals surface area (Å²) in [5, 5.41) is 12.2. The molecule has 1 heterocycles. The van der Waals surface area contributed by atoms with Crippen molar-refractivity contribution in [1.82, 2.24) is 4.98 Å². The highest BCUT2D eigenvalue weighted by Crippen LogP contribution is 2.15. The van der Waals surface area contributed by atoms with E-state index in [9.17, 15) is 0 Å². The molecule has 0 amide bonds. The van der Waals surface area contributed by atoms with Gasteiger partial charge in [-0.15, -0.1) is 0 Å². The quantitative estimate of drug-likeness (QED) is 0.676. The summed E-state index contributed by atoms with van der Waals surface area (Å²) >= 11 is 0. The van der Waals surface area contributed by atoms with Gasteiger partial charge in [-0.1, -0.05) is 0 Å². The molecule has 0 aliphatic carbocycles. The van der Waals surface area contributed by atoms with Crippen molar-refractivity contribution in [3.63, 3.8) is 0 Å². The Labute approximate surface area is 84.2 Å². The fourth-order valence-electron chi connectivity index (χ4n) is 1.03. The van der Waals surface area contributed by atoms with Crippen molar-refractivity contribution in [3.05, 3.63) is 17.8 Å². The molecule has 0 aromatic carbocycles. The van der Waals surface area contributed by atoms with Crippen molar-refractivity contribution in [2.24, 2.45) is 0 Å². The zero-order valence-corrected chi connectivity index (χ0v) is 8.83. The monoisotopic (exact) mass is 195 g/mol. The van der Waals surface area contributed by atoms with Crippen molar-refractivity contribution in [1.29, 1.82) is 0 Å². The van der Waals surface area contributed by atoms with E-state index < -0.39 is 0 Å². The SMILES string of the molecule is Cc1nc(NC(C)(C)CO)ccc1N. The summed E-state index contributed by atoms with van der Waals surface area (Å²) in [5.74, 6) is 0.732. The van der Waals surface area contributed by atoms with Crippen LogP contribution < -0.4 is 11.1 Å². The molecule has 0 aliphatic rings. The molecule has 0 bridgehead atoms. The maximum absolute atomic E-state index is 9.06. The van der Waals surface area contributed by atoms with E-state index in [2.05, 4.69) is 10.3 Å². The molecule has 4 N–H and O–H groups in total. The van der Waals surface area contributed by atoms with Crippen LogP contribution >= 0.6 is 0 Å². The third-order valence-corrected chi connectivity index (χ3v) is 1.99. The number of nitrogens with two attached hydrogens (primary N) is 1. The molecule has 0 radical (unpaired) electrons. The van der Waals surface area contributed by atoms with Crippen LogP contribution in [0.4, 0.5) is 11.5 Å². The van der Waals surface area contributed by atoms with Gasteiger partial charge in [0.05, 0.1) is 23.5 Å². The molecule has 0 aliphatic heterocycles. The zero-order chi connectivity index (χ0) is 10.8. The Kier molecular flexibility index (Phi) is 2.96. The van der Waals surface area contributed by atoms with E-state index in [1.165, 1.54) is 0 Å². The summed E-state index contributed by atoms with van der Waals surface area (Å²) in [4.78, 5) is 4.26. The summed E-state index contributed by atoms with van der Waals surface area (Å²) in [5.41, 5.74) is 6.75. The molecule has 0 spiro atoms. The van der Waals surface area contributed by atoms with Crippen LogP contribution in [0, 0.1) is 6.92 Å². The minimum absolute atomic E-state index is 0.0537. The van der Waals surface area contributed by atoms with Crippen LogP contribution in [0.2, 0.25) is 0 Å². The molecule has 14 heavy (non-hydrogen) atoms. The second-order valence-electron chi connectivity index (χ2n) is 4.04. The molecule has 1 rings (SSSR count). The lowest BCUT2D eigenvalue weighted by atomic mass is 10.1. The minimum atomic E-state index is -0.366. The lowest BCUT2D eigenvalue weighted by Gasteiger charge is -2.24. The van der Waals surface area contributed by atoms with Gasteiger partial charge in [0, 0.05) is 0 Å². The van der Waals surface area contributed by atoms with Gasteiger partial charge in [0.15, 0.2) is 0 Å². The molecule has 1 aromatic heterocycles. The molecule has 4 heteroatoms. The Balaban J connectivity index is 2.83. The second kappa shape index (κ2) is 3.84. The average Bonchev–Trinajstić information content (AvgIpc) is 2.11. The number of pyridine rings is 1. The maximum Gasteiger partial charge on any atom is 0.126 e. The molecule has 0 fully saturated rings. The zero-order valence-electron chi connectivity index (χ0n) is 8.83. The van der Waals surface area contributed by atoms with Crippen LogP contribution in [0.3, 0.4) is 0 Å². The molecule has 1 aromatic rings. The lowest BCUT2D eigenvalue weighted by Crippen LogP contribution is -2.35. The van der Waals surface area contributed by atoms with Crippen molar-refractivity contribution in [2.75, 3.05) is 17.7 Å². The number of rotatable bonds is 3. The lowest BCUT2D eigenvalue weighted by molar-refractivity contribution is 0.234. The first kappa shape index (κ1) is 10.8. The van der Waals surface area contributed by atoms with Gasteiger partial charge in [0.1, 0.15) is 5.82 Å². The third-order valence-electron chi connectivity index (χ3n) is 1.99. The van der Waals surface area contributed by atoms with Gasteiger partial charge in [-0.05, 0) is 32.9 Å². The number of nitrogens with one attached hydrogen (secondary N) is 1. The number of aliphatic hydroxyl groups excluding tert-OH is 1. The van der Waals surface area contributed by atoms with E-state index in [-0.39, 0.29) is 12.1 Å². The number of nitrogen functional groups attached to an aromatic ring is 1. The van der Waals surface area contributed by atoms with Crippen molar-refractivity contribution < 1.29 is 5.11 Å². The van der Waals surface area contributed by atoms with E-state index in [4.69, 9.17) is 10.8 Å². The first-order valence-corrected chi connectivity index (χ1v) is 4.57. The summed E-state index contributed by atoms with van der Waals surface area (Å²) in [6.45, 7) is 5.71. The molecular formula is C10H17N3O. The molecule has 4 nitrogen and oxygen atoms in total. The fraction of sp³-hybridized carbons (Fsp3) is 0.500. The van der Waals surface area contributed by atoms with Gasteiger partial charge < -0.3 is 16.2 Å². The average molecular weight is 195 g/mol. The van der Waals surface area contributed by atoms with Crippen molar-refractivity contribution in [2.45, 2.75) is 26.3 Å². The summed E-state index contributed by atoms with van der Waals surface area (Å²) in [7, 11) is 0. The number of hydrogen-bond donors (Lipinski definition) is 3. The van der Waals surface area contributed by atoms with Crippen molar-refractivity contribution in [3.8, 4) is 0 Å². The molecule has 0 saturated carbocycles. The highest BCUT2D eigenvalue weighted by atomic mass is 16.3. The first-order valence-electron chi connectivity index (χ1n) is 4.57. The molecule has 78 valence electrons. The number of aromatic nitrogens is 1. The second-order valence-corrected chi connectivity index (χ2v) is 4.04. The summed E-state index contributed by atoms with van der Waals surface area (Å²) in [6.07, 6.45) is 0. The Morgan fingerprint density at radius 1 is 1.50 bits per heavy atom. The van der Waals surface area contributed by atoms with Crippen LogP contribution in [-0.4, -0.2) is 22.2 Å². The number of aryl methyl sites for hydroxylation is 1. The van der Waals surface area contributed by atoms with Gasteiger partial charge in [-0.2, -0.15) is 0 Å². The maximum atomic E-state index is 9.06. The molecule has 0 unspecified atom stereocenters. The topological polar surface area (TPSA) is 71.2 Å². The molecule has 0 atom stereocenters. The third kappa shape index (κ3) is 2.60. The van der Waals surface area contributed by atoms with E-state index in [0.29, 0.717) is 5.69 Å². The highest BCUT2D eigenvalue weighted by molar-refractivity contribution is 5.49. The normalized spacial score (nSPS) is 11.4. The summed E-state index contributed by atoms with van der Waals surface area (Å²) in [6, 6.07) is 3.61. The Morgan fingerprint density at radius 3 is 2.64 bits per heavy atom. The highest BCUT2D eigenvalue weighted by Gasteiger charge is 2.16. The van der Waals surface area contributed by atoms with Gasteiger partial charge in [0.25, 0.3) is 0 Å². The van der Waals surface area contributed by atoms with Gasteiger partial charge in [0.2, 0.25) is 0 Å². The Hall–Kier alpha value is -1.29. The molecule has 0 saturated heterocycles. The predicted octanol–water partition coefficient (Wildman–Crippen LogP) is 1.16. The van der Waals surface area contributed by atoms with E-state index in [1.807, 2.05) is 20.8 Å². The Bertz CT molecular complexity index is 323. The smallest absolute Gasteiger partial charge is 0.126 e.